The topological polar surface area (TPSA) is 108 Å². The Balaban J connectivity index is 1.89. The van der Waals surface area contributed by atoms with E-state index < -0.39 is 5.54 Å². The molecule has 2 rings (SSSR count). The molecule has 3 amide bonds. The van der Waals surface area contributed by atoms with Gasteiger partial charge >= 0.3 is 6.03 Å². The standard InChI is InChI=1S/C13H24N4O4/c14-3-9-21-10-7-17-11(19)13(15-12(17)20)1-4-16(5-2-13)6-8-18/h18H,1-10,14H2,(H,15,20). The number of urea groups is 1. The van der Waals surface area contributed by atoms with Crippen LogP contribution in [0.25, 0.3) is 0 Å². The first-order valence-electron chi connectivity index (χ1n) is 7.38. The fraction of sp³-hybridized carbons (Fsp3) is 0.846. The van der Waals surface area contributed by atoms with Gasteiger partial charge in [0.05, 0.1) is 26.4 Å². The Morgan fingerprint density at radius 2 is 1.95 bits per heavy atom. The molecular weight excluding hydrogens is 276 g/mol. The van der Waals surface area contributed by atoms with Crippen molar-refractivity contribution < 1.29 is 19.4 Å². The number of likely N-dealkylation sites (tertiary alicyclic amines) is 1. The molecule has 1 spiro atoms. The molecular formula is C13H24N4O4. The third-order valence-electron chi connectivity index (χ3n) is 4.09. The molecule has 0 aromatic heterocycles. The molecule has 8 heteroatoms. The minimum Gasteiger partial charge on any atom is -0.395 e. The Morgan fingerprint density at radius 1 is 1.24 bits per heavy atom. The number of hydrogen-bond acceptors (Lipinski definition) is 6. The maximum atomic E-state index is 12.5. The molecule has 2 aliphatic heterocycles. The maximum Gasteiger partial charge on any atom is 0.325 e. The van der Waals surface area contributed by atoms with Crippen LogP contribution in [0, 0.1) is 0 Å². The lowest BCUT2D eigenvalue weighted by molar-refractivity contribution is -0.133. The van der Waals surface area contributed by atoms with Crippen molar-refractivity contribution in [2.45, 2.75) is 18.4 Å². The van der Waals surface area contributed by atoms with Gasteiger partial charge in [0.1, 0.15) is 5.54 Å². The van der Waals surface area contributed by atoms with Crippen LogP contribution in [-0.4, -0.2) is 84.9 Å². The average Bonchev–Trinajstić information content (AvgIpc) is 2.70. The molecule has 2 heterocycles. The number of imide groups is 1. The lowest BCUT2D eigenvalue weighted by Gasteiger charge is -2.37. The number of ether oxygens (including phenoxy) is 1. The van der Waals surface area contributed by atoms with Gasteiger partial charge in [-0.25, -0.2) is 4.79 Å². The Hall–Kier alpha value is -1.22. The van der Waals surface area contributed by atoms with Gasteiger partial charge in [0.2, 0.25) is 0 Å². The Labute approximate surface area is 124 Å². The summed E-state index contributed by atoms with van der Waals surface area (Å²) < 4.78 is 5.23. The number of aliphatic hydroxyl groups is 1. The van der Waals surface area contributed by atoms with E-state index in [9.17, 15) is 9.59 Å². The normalized spacial score (nSPS) is 22.1. The van der Waals surface area contributed by atoms with Gasteiger partial charge in [-0.1, -0.05) is 0 Å². The predicted molar refractivity (Wildman–Crippen MR) is 75.6 cm³/mol. The summed E-state index contributed by atoms with van der Waals surface area (Å²) in [5, 5.41) is 11.8. The summed E-state index contributed by atoms with van der Waals surface area (Å²) in [5.74, 6) is -0.160. The summed E-state index contributed by atoms with van der Waals surface area (Å²) in [5.41, 5.74) is 4.55. The van der Waals surface area contributed by atoms with Crippen LogP contribution in [0.2, 0.25) is 0 Å². The summed E-state index contributed by atoms with van der Waals surface area (Å²) >= 11 is 0. The third-order valence-corrected chi connectivity index (χ3v) is 4.09. The van der Waals surface area contributed by atoms with Crippen molar-refractivity contribution in [2.75, 3.05) is 52.5 Å². The van der Waals surface area contributed by atoms with Gasteiger partial charge in [0.25, 0.3) is 5.91 Å². The first-order chi connectivity index (χ1) is 10.1. The van der Waals surface area contributed by atoms with E-state index in [-0.39, 0.29) is 25.1 Å². The Kier molecular flexibility index (Phi) is 5.51. The first kappa shape index (κ1) is 16.2. The molecule has 8 nitrogen and oxygen atoms in total. The van der Waals surface area contributed by atoms with Gasteiger partial charge in [-0.2, -0.15) is 0 Å². The summed E-state index contributed by atoms with van der Waals surface area (Å²) in [6, 6.07) is -0.341. The van der Waals surface area contributed by atoms with Crippen molar-refractivity contribution in [3.05, 3.63) is 0 Å². The van der Waals surface area contributed by atoms with E-state index in [1.54, 1.807) is 0 Å². The van der Waals surface area contributed by atoms with Gasteiger partial charge in [-0.3, -0.25) is 9.69 Å². The van der Waals surface area contributed by atoms with Gasteiger partial charge < -0.3 is 25.8 Å². The molecule has 0 radical (unpaired) electrons. The van der Waals surface area contributed by atoms with Crippen LogP contribution in [0.15, 0.2) is 0 Å². The quantitative estimate of drug-likeness (QED) is 0.384. The number of amides is 3. The molecule has 120 valence electrons. The van der Waals surface area contributed by atoms with Crippen molar-refractivity contribution in [1.82, 2.24) is 15.1 Å². The van der Waals surface area contributed by atoms with E-state index >= 15 is 0 Å². The minimum absolute atomic E-state index is 0.109. The van der Waals surface area contributed by atoms with E-state index in [2.05, 4.69) is 10.2 Å². The lowest BCUT2D eigenvalue weighted by Crippen LogP contribution is -2.55. The number of rotatable bonds is 7. The molecule has 4 N–H and O–H groups in total. The van der Waals surface area contributed by atoms with Crippen molar-refractivity contribution in [2.24, 2.45) is 5.73 Å². The van der Waals surface area contributed by atoms with Crippen molar-refractivity contribution in [3.63, 3.8) is 0 Å². The molecule has 2 aliphatic rings. The number of hydrogen-bond donors (Lipinski definition) is 3. The van der Waals surface area contributed by atoms with Gasteiger partial charge in [-0.05, 0) is 12.8 Å². The number of piperidine rings is 1. The van der Waals surface area contributed by atoms with Gasteiger partial charge in [0.15, 0.2) is 0 Å². The Bertz CT molecular complexity index is 382. The fourth-order valence-electron chi connectivity index (χ4n) is 2.86. The summed E-state index contributed by atoms with van der Waals surface area (Å²) in [7, 11) is 0. The zero-order valence-electron chi connectivity index (χ0n) is 12.2. The van der Waals surface area contributed by atoms with Crippen molar-refractivity contribution in [3.8, 4) is 0 Å². The van der Waals surface area contributed by atoms with Crippen LogP contribution >= 0.6 is 0 Å². The second kappa shape index (κ2) is 7.17. The van der Waals surface area contributed by atoms with Gasteiger partial charge in [0, 0.05) is 26.2 Å². The molecule has 0 bridgehead atoms. The highest BCUT2D eigenvalue weighted by atomic mass is 16.5. The van der Waals surface area contributed by atoms with E-state index in [0.29, 0.717) is 52.2 Å². The van der Waals surface area contributed by atoms with Crippen LogP contribution in [0.3, 0.4) is 0 Å². The molecule has 0 aromatic carbocycles. The number of nitrogens with two attached hydrogens (primary N) is 1. The zero-order valence-corrected chi connectivity index (χ0v) is 12.2. The average molecular weight is 300 g/mol. The Morgan fingerprint density at radius 3 is 2.57 bits per heavy atom. The molecule has 0 unspecified atom stereocenters. The highest BCUT2D eigenvalue weighted by Crippen LogP contribution is 2.29. The highest BCUT2D eigenvalue weighted by molar-refractivity contribution is 6.07. The molecule has 2 saturated heterocycles. The number of carbonyl (C=O) groups excluding carboxylic acids is 2. The van der Waals surface area contributed by atoms with Gasteiger partial charge in [-0.15, -0.1) is 0 Å². The first-order valence-corrected chi connectivity index (χ1v) is 7.38. The van der Waals surface area contributed by atoms with Crippen LogP contribution in [0.1, 0.15) is 12.8 Å². The molecule has 0 aromatic rings. The van der Waals surface area contributed by atoms with Crippen LogP contribution in [-0.2, 0) is 9.53 Å². The number of β-amino-alcohol motifs (C(OH)–C–C–N with tert-alkyl or cyclic N) is 1. The van der Waals surface area contributed by atoms with E-state index in [0.717, 1.165) is 0 Å². The monoisotopic (exact) mass is 300 g/mol. The van der Waals surface area contributed by atoms with Crippen LogP contribution in [0.4, 0.5) is 4.79 Å². The molecule has 2 fully saturated rings. The number of nitrogens with one attached hydrogen (secondary N) is 1. The zero-order chi connectivity index (χ0) is 15.3. The lowest BCUT2D eigenvalue weighted by atomic mass is 9.87. The molecule has 21 heavy (non-hydrogen) atoms. The summed E-state index contributed by atoms with van der Waals surface area (Å²) in [4.78, 5) is 27.8. The summed E-state index contributed by atoms with van der Waals surface area (Å²) in [6.07, 6.45) is 1.16. The second-order valence-electron chi connectivity index (χ2n) is 5.44. The molecule has 0 atom stereocenters. The second-order valence-corrected chi connectivity index (χ2v) is 5.44. The maximum absolute atomic E-state index is 12.5. The largest absolute Gasteiger partial charge is 0.395 e. The van der Waals surface area contributed by atoms with Crippen LogP contribution < -0.4 is 11.1 Å². The number of nitrogens with zero attached hydrogens (tertiary/aromatic N) is 2. The minimum atomic E-state index is -0.767. The van der Waals surface area contributed by atoms with Crippen molar-refractivity contribution in [1.29, 1.82) is 0 Å². The van der Waals surface area contributed by atoms with Crippen LogP contribution in [0.5, 0.6) is 0 Å². The molecule has 0 saturated carbocycles. The smallest absolute Gasteiger partial charge is 0.325 e. The third kappa shape index (κ3) is 3.52. The highest BCUT2D eigenvalue weighted by Gasteiger charge is 2.51. The predicted octanol–water partition coefficient (Wildman–Crippen LogP) is -1.66. The van der Waals surface area contributed by atoms with Crippen molar-refractivity contribution >= 4 is 11.9 Å². The SMILES string of the molecule is NCCOCCN1C(=O)NC2(CCN(CCO)CC2)C1=O. The number of carbonyl (C=O) groups is 2. The van der Waals surface area contributed by atoms with E-state index in [1.807, 2.05) is 0 Å². The fourth-order valence-corrected chi connectivity index (χ4v) is 2.86. The number of aliphatic hydroxyl groups excluding tert-OH is 1. The molecule has 0 aliphatic carbocycles. The van der Waals surface area contributed by atoms with E-state index in [1.165, 1.54) is 4.90 Å². The van der Waals surface area contributed by atoms with E-state index in [4.69, 9.17) is 15.6 Å². The summed E-state index contributed by atoms with van der Waals surface area (Å²) in [6.45, 7) is 3.52.